The largest absolute Gasteiger partial charge is 0.385 e. The molecule has 2 aromatic carbocycles. The maximum Gasteiger partial charge on any atom is 0.262 e. The number of aryl methyl sites for hydroxylation is 2. The van der Waals surface area contributed by atoms with Crippen LogP contribution in [-0.2, 0) is 10.0 Å². The second-order valence-electron chi connectivity index (χ2n) is 4.94. The Labute approximate surface area is 126 Å². The molecule has 4 nitrogen and oxygen atoms in total. The molecular formula is C16H20N2O2S. The van der Waals surface area contributed by atoms with Crippen LogP contribution >= 0.6 is 0 Å². The first-order valence-corrected chi connectivity index (χ1v) is 8.35. The lowest BCUT2D eigenvalue weighted by Crippen LogP contribution is -2.16. The summed E-state index contributed by atoms with van der Waals surface area (Å²) in [6.45, 7) is 6.43. The molecular weight excluding hydrogens is 284 g/mol. The average molecular weight is 304 g/mol. The zero-order chi connectivity index (χ0) is 15.5. The van der Waals surface area contributed by atoms with E-state index in [0.717, 1.165) is 23.4 Å². The number of nitrogens with one attached hydrogen (secondary N) is 2. The molecule has 21 heavy (non-hydrogen) atoms. The summed E-state index contributed by atoms with van der Waals surface area (Å²) in [4.78, 5) is 0.341. The molecule has 0 atom stereocenters. The standard InChI is InChI=1S/C16H20N2O2S/c1-4-17-15-10-12(2)16(13(3)11-15)21(19,20)18-14-8-6-5-7-9-14/h5-11,17-18H,4H2,1-3H3. The Morgan fingerprint density at radius 1 is 0.952 bits per heavy atom. The summed E-state index contributed by atoms with van der Waals surface area (Å²) in [5.74, 6) is 0. The molecule has 0 radical (unpaired) electrons. The molecule has 0 aliphatic rings. The molecule has 0 spiro atoms. The zero-order valence-electron chi connectivity index (χ0n) is 12.5. The molecule has 0 bridgehead atoms. The first-order valence-electron chi connectivity index (χ1n) is 6.87. The van der Waals surface area contributed by atoms with E-state index in [0.29, 0.717) is 10.6 Å². The van der Waals surface area contributed by atoms with Gasteiger partial charge < -0.3 is 5.32 Å². The Morgan fingerprint density at radius 2 is 1.52 bits per heavy atom. The molecule has 0 saturated carbocycles. The molecule has 5 heteroatoms. The monoisotopic (exact) mass is 304 g/mol. The Balaban J connectivity index is 2.41. The van der Waals surface area contributed by atoms with Crippen molar-refractivity contribution in [2.24, 2.45) is 0 Å². The minimum atomic E-state index is -3.58. The molecule has 2 rings (SSSR count). The van der Waals surface area contributed by atoms with Gasteiger partial charge in [0.2, 0.25) is 0 Å². The number of para-hydroxylation sites is 1. The van der Waals surface area contributed by atoms with Crippen LogP contribution in [0.25, 0.3) is 0 Å². The highest BCUT2D eigenvalue weighted by Crippen LogP contribution is 2.26. The molecule has 112 valence electrons. The van der Waals surface area contributed by atoms with Gasteiger partial charge >= 0.3 is 0 Å². The van der Waals surface area contributed by atoms with E-state index >= 15 is 0 Å². The number of hydrogen-bond donors (Lipinski definition) is 2. The number of rotatable bonds is 5. The van der Waals surface area contributed by atoms with E-state index in [2.05, 4.69) is 10.0 Å². The summed E-state index contributed by atoms with van der Waals surface area (Å²) in [6, 6.07) is 12.6. The van der Waals surface area contributed by atoms with E-state index in [-0.39, 0.29) is 0 Å². The van der Waals surface area contributed by atoms with E-state index in [1.807, 2.05) is 39.0 Å². The second kappa shape index (κ2) is 6.18. The van der Waals surface area contributed by atoms with Gasteiger partial charge in [-0.05, 0) is 56.2 Å². The molecule has 0 heterocycles. The number of anilines is 2. The maximum absolute atomic E-state index is 12.6. The third-order valence-electron chi connectivity index (χ3n) is 3.14. The normalized spacial score (nSPS) is 11.2. The van der Waals surface area contributed by atoms with E-state index in [1.54, 1.807) is 24.3 Å². The first-order chi connectivity index (χ1) is 9.94. The zero-order valence-corrected chi connectivity index (χ0v) is 13.3. The van der Waals surface area contributed by atoms with Crippen LogP contribution in [0.1, 0.15) is 18.1 Å². The van der Waals surface area contributed by atoms with Gasteiger partial charge in [0.25, 0.3) is 10.0 Å². The van der Waals surface area contributed by atoms with E-state index in [1.165, 1.54) is 0 Å². The van der Waals surface area contributed by atoms with Crippen LogP contribution in [0.5, 0.6) is 0 Å². The van der Waals surface area contributed by atoms with Crippen molar-refractivity contribution < 1.29 is 8.42 Å². The highest BCUT2D eigenvalue weighted by molar-refractivity contribution is 7.92. The fourth-order valence-corrected chi connectivity index (χ4v) is 3.91. The third-order valence-corrected chi connectivity index (χ3v) is 4.82. The lowest BCUT2D eigenvalue weighted by molar-refractivity contribution is 0.600. The molecule has 0 aliphatic heterocycles. The number of sulfonamides is 1. The molecule has 0 fully saturated rings. The van der Waals surface area contributed by atoms with E-state index in [4.69, 9.17) is 0 Å². The van der Waals surface area contributed by atoms with Gasteiger partial charge in [0.1, 0.15) is 0 Å². The SMILES string of the molecule is CCNc1cc(C)c(S(=O)(=O)Nc2ccccc2)c(C)c1. The summed E-state index contributed by atoms with van der Waals surface area (Å²) >= 11 is 0. The van der Waals surface area contributed by atoms with Crippen molar-refractivity contribution in [3.05, 3.63) is 53.6 Å². The second-order valence-corrected chi connectivity index (χ2v) is 6.56. The minimum absolute atomic E-state index is 0.341. The van der Waals surface area contributed by atoms with E-state index < -0.39 is 10.0 Å². The van der Waals surface area contributed by atoms with Gasteiger partial charge in [0.05, 0.1) is 4.90 Å². The van der Waals surface area contributed by atoms with Gasteiger partial charge in [-0.25, -0.2) is 8.42 Å². The summed E-state index contributed by atoms with van der Waals surface area (Å²) < 4.78 is 27.8. The molecule has 0 unspecified atom stereocenters. The molecule has 0 saturated heterocycles. The third kappa shape index (κ3) is 3.55. The summed E-state index contributed by atoms with van der Waals surface area (Å²) in [7, 11) is -3.58. The predicted molar refractivity (Wildman–Crippen MR) is 87.3 cm³/mol. The van der Waals surface area contributed by atoms with Crippen LogP contribution in [0, 0.1) is 13.8 Å². The smallest absolute Gasteiger partial charge is 0.262 e. The predicted octanol–water partition coefficient (Wildman–Crippen LogP) is 3.54. The molecule has 0 aromatic heterocycles. The van der Waals surface area contributed by atoms with Crippen molar-refractivity contribution in [1.82, 2.24) is 0 Å². The highest BCUT2D eigenvalue weighted by atomic mass is 32.2. The van der Waals surface area contributed by atoms with Crippen LogP contribution in [0.3, 0.4) is 0 Å². The van der Waals surface area contributed by atoms with E-state index in [9.17, 15) is 8.42 Å². The topological polar surface area (TPSA) is 58.2 Å². The van der Waals surface area contributed by atoms with Crippen molar-refractivity contribution in [3.8, 4) is 0 Å². The Bertz CT molecular complexity index is 702. The van der Waals surface area contributed by atoms with Gasteiger partial charge in [0.15, 0.2) is 0 Å². The van der Waals surface area contributed by atoms with Crippen LogP contribution in [0.2, 0.25) is 0 Å². The van der Waals surface area contributed by atoms with Crippen molar-refractivity contribution in [2.45, 2.75) is 25.7 Å². The molecule has 2 N–H and O–H groups in total. The van der Waals surface area contributed by atoms with Gasteiger partial charge in [-0.1, -0.05) is 18.2 Å². The van der Waals surface area contributed by atoms with Crippen LogP contribution < -0.4 is 10.0 Å². The van der Waals surface area contributed by atoms with Crippen molar-refractivity contribution in [1.29, 1.82) is 0 Å². The minimum Gasteiger partial charge on any atom is -0.385 e. The highest BCUT2D eigenvalue weighted by Gasteiger charge is 2.20. The van der Waals surface area contributed by atoms with Crippen LogP contribution in [0.15, 0.2) is 47.4 Å². The summed E-state index contributed by atoms with van der Waals surface area (Å²) in [6.07, 6.45) is 0. The van der Waals surface area contributed by atoms with Crippen LogP contribution in [-0.4, -0.2) is 15.0 Å². The first kappa shape index (κ1) is 15.4. The Hall–Kier alpha value is -2.01. The lowest BCUT2D eigenvalue weighted by atomic mass is 10.1. The van der Waals surface area contributed by atoms with Crippen molar-refractivity contribution in [2.75, 3.05) is 16.6 Å². The van der Waals surface area contributed by atoms with Gasteiger partial charge in [-0.2, -0.15) is 0 Å². The van der Waals surface area contributed by atoms with Crippen molar-refractivity contribution >= 4 is 21.4 Å². The Kier molecular flexibility index (Phi) is 4.53. The maximum atomic E-state index is 12.6. The molecule has 0 amide bonds. The molecule has 0 aliphatic carbocycles. The van der Waals surface area contributed by atoms with Gasteiger partial charge in [-0.3, -0.25) is 4.72 Å². The summed E-state index contributed by atoms with van der Waals surface area (Å²) in [5, 5.41) is 3.20. The quantitative estimate of drug-likeness (QED) is 0.888. The lowest BCUT2D eigenvalue weighted by Gasteiger charge is -2.15. The van der Waals surface area contributed by atoms with Crippen LogP contribution in [0.4, 0.5) is 11.4 Å². The summed E-state index contributed by atoms with van der Waals surface area (Å²) in [5.41, 5.74) is 2.96. The fourth-order valence-electron chi connectivity index (χ4n) is 2.39. The number of benzene rings is 2. The molecule has 2 aromatic rings. The number of hydrogen-bond acceptors (Lipinski definition) is 3. The fraction of sp³-hybridized carbons (Fsp3) is 0.250. The average Bonchev–Trinajstić information content (AvgIpc) is 2.38. The Morgan fingerprint density at radius 3 is 2.05 bits per heavy atom. The van der Waals surface area contributed by atoms with Gasteiger partial charge in [-0.15, -0.1) is 0 Å². The van der Waals surface area contributed by atoms with Crippen molar-refractivity contribution in [3.63, 3.8) is 0 Å². The van der Waals surface area contributed by atoms with Gasteiger partial charge in [0, 0.05) is 17.9 Å².